The van der Waals surface area contributed by atoms with Crippen LogP contribution in [0.2, 0.25) is 0 Å². The predicted octanol–water partition coefficient (Wildman–Crippen LogP) is 3.73. The number of hydrogen-bond acceptors (Lipinski definition) is 5. The molecule has 6 nitrogen and oxygen atoms in total. The minimum Gasteiger partial charge on any atom is -0.504 e. The van der Waals surface area contributed by atoms with Crippen LogP contribution in [-0.4, -0.2) is 53.9 Å². The maximum absolute atomic E-state index is 12.3. The summed E-state index contributed by atoms with van der Waals surface area (Å²) in [5.41, 5.74) is 1.78. The van der Waals surface area contributed by atoms with E-state index in [0.29, 0.717) is 24.5 Å². The molecule has 0 saturated carbocycles. The first-order valence-corrected chi connectivity index (χ1v) is 11.2. The molecule has 2 aromatic rings. The summed E-state index contributed by atoms with van der Waals surface area (Å²) >= 11 is 0. The average Bonchev–Trinajstić information content (AvgIpc) is 3.19. The number of nitrogens with one attached hydrogen (secondary N) is 1. The van der Waals surface area contributed by atoms with Gasteiger partial charge in [0.25, 0.3) is 5.91 Å². The van der Waals surface area contributed by atoms with E-state index in [2.05, 4.69) is 10.2 Å². The number of benzene rings is 2. The van der Waals surface area contributed by atoms with Gasteiger partial charge in [-0.25, -0.2) is 0 Å². The molecule has 1 spiro atoms. The third-order valence-electron chi connectivity index (χ3n) is 6.36. The quantitative estimate of drug-likeness (QED) is 0.709. The van der Waals surface area contributed by atoms with Gasteiger partial charge in [0.15, 0.2) is 11.5 Å². The fraction of sp³-hybridized carbons (Fsp3) is 0.480. The van der Waals surface area contributed by atoms with Crippen molar-refractivity contribution in [1.82, 2.24) is 10.2 Å². The third-order valence-corrected chi connectivity index (χ3v) is 6.36. The lowest BCUT2D eigenvalue weighted by Crippen LogP contribution is -2.44. The van der Waals surface area contributed by atoms with Crippen molar-refractivity contribution in [3.8, 4) is 11.5 Å². The van der Waals surface area contributed by atoms with E-state index >= 15 is 0 Å². The van der Waals surface area contributed by atoms with Gasteiger partial charge in [-0.05, 0) is 62.4 Å². The number of ether oxygens (including phenoxy) is 2. The summed E-state index contributed by atoms with van der Waals surface area (Å²) < 4.78 is 12.0. The van der Waals surface area contributed by atoms with Crippen LogP contribution in [0.5, 0.6) is 11.5 Å². The maximum atomic E-state index is 12.3. The lowest BCUT2D eigenvalue weighted by atomic mass is 9.88. The summed E-state index contributed by atoms with van der Waals surface area (Å²) in [6.45, 7) is 5.81. The fourth-order valence-corrected chi connectivity index (χ4v) is 4.61. The molecule has 1 amide bonds. The molecule has 166 valence electrons. The van der Waals surface area contributed by atoms with Crippen LogP contribution in [0.1, 0.15) is 48.5 Å². The summed E-state index contributed by atoms with van der Waals surface area (Å²) in [5, 5.41) is 12.9. The van der Waals surface area contributed by atoms with Crippen molar-refractivity contribution in [2.75, 3.05) is 26.2 Å². The highest BCUT2D eigenvalue weighted by Gasteiger charge is 2.42. The Morgan fingerprint density at radius 2 is 1.97 bits per heavy atom. The molecule has 0 aromatic heterocycles. The molecular formula is C25H32N2O4. The number of nitrogens with zero attached hydrogens (tertiary/aromatic N) is 1. The Hall–Kier alpha value is -2.57. The molecule has 1 atom stereocenters. The topological polar surface area (TPSA) is 71.0 Å². The largest absolute Gasteiger partial charge is 0.504 e. The van der Waals surface area contributed by atoms with Crippen molar-refractivity contribution in [2.45, 2.75) is 50.9 Å². The summed E-state index contributed by atoms with van der Waals surface area (Å²) in [4.78, 5) is 14.7. The fourth-order valence-electron chi connectivity index (χ4n) is 4.61. The van der Waals surface area contributed by atoms with Gasteiger partial charge in [0.05, 0.1) is 18.3 Å². The molecule has 1 unspecified atom stereocenters. The number of carbonyl (C=O) groups is 1. The van der Waals surface area contributed by atoms with Gasteiger partial charge in [0.1, 0.15) is 0 Å². The zero-order chi connectivity index (χ0) is 21.7. The smallest absolute Gasteiger partial charge is 0.251 e. The van der Waals surface area contributed by atoms with E-state index in [4.69, 9.17) is 9.47 Å². The highest BCUT2D eigenvalue weighted by molar-refractivity contribution is 5.94. The van der Waals surface area contributed by atoms with Gasteiger partial charge < -0.3 is 19.9 Å². The molecule has 2 aliphatic heterocycles. The van der Waals surface area contributed by atoms with Crippen LogP contribution >= 0.6 is 0 Å². The minimum absolute atomic E-state index is 0.0414. The van der Waals surface area contributed by atoms with Crippen molar-refractivity contribution >= 4 is 5.91 Å². The number of hydrogen-bond donors (Lipinski definition) is 2. The number of carbonyl (C=O) groups excluding carboxylic acids is 1. The number of phenolic OH excluding ortho intramolecular Hbond substituents is 1. The molecule has 31 heavy (non-hydrogen) atoms. The summed E-state index contributed by atoms with van der Waals surface area (Å²) in [7, 11) is 0. The van der Waals surface area contributed by atoms with E-state index in [9.17, 15) is 9.90 Å². The average molecular weight is 425 g/mol. The van der Waals surface area contributed by atoms with Gasteiger partial charge in [0, 0.05) is 31.7 Å². The molecule has 2 saturated heterocycles. The SMILES string of the molecule is CCOc1cc(CN2CCC3(CCC(CNC(=O)c4ccccc4)O3)CC2)ccc1O. The van der Waals surface area contributed by atoms with Crippen LogP contribution in [0, 0.1) is 0 Å². The summed E-state index contributed by atoms with van der Waals surface area (Å²) in [6.07, 6.45) is 4.15. The van der Waals surface area contributed by atoms with Crippen molar-refractivity contribution in [3.05, 3.63) is 59.7 Å². The third kappa shape index (κ3) is 5.38. The van der Waals surface area contributed by atoms with E-state index in [1.54, 1.807) is 6.07 Å². The molecule has 6 heteroatoms. The molecular weight excluding hydrogens is 392 g/mol. The zero-order valence-electron chi connectivity index (χ0n) is 18.2. The first-order chi connectivity index (χ1) is 15.1. The molecule has 2 N–H and O–H groups in total. The van der Waals surface area contributed by atoms with Crippen molar-refractivity contribution in [2.24, 2.45) is 0 Å². The second-order valence-electron chi connectivity index (χ2n) is 8.55. The van der Waals surface area contributed by atoms with E-state index in [1.807, 2.05) is 49.4 Å². The second kappa shape index (κ2) is 9.71. The number of piperidine rings is 1. The van der Waals surface area contributed by atoms with Crippen molar-refractivity contribution < 1.29 is 19.4 Å². The maximum Gasteiger partial charge on any atom is 0.251 e. The Bertz CT molecular complexity index is 878. The van der Waals surface area contributed by atoms with Crippen molar-refractivity contribution in [1.29, 1.82) is 0 Å². The van der Waals surface area contributed by atoms with Gasteiger partial charge in [-0.2, -0.15) is 0 Å². The van der Waals surface area contributed by atoms with Gasteiger partial charge in [-0.3, -0.25) is 9.69 Å². The summed E-state index contributed by atoms with van der Waals surface area (Å²) in [6, 6.07) is 14.9. The monoisotopic (exact) mass is 424 g/mol. The van der Waals surface area contributed by atoms with Crippen LogP contribution in [0.25, 0.3) is 0 Å². The molecule has 2 aromatic carbocycles. The molecule has 2 aliphatic rings. The first-order valence-electron chi connectivity index (χ1n) is 11.2. The molecule has 2 fully saturated rings. The Kier molecular flexibility index (Phi) is 6.78. The Balaban J connectivity index is 1.24. The van der Waals surface area contributed by atoms with Crippen molar-refractivity contribution in [3.63, 3.8) is 0 Å². The second-order valence-corrected chi connectivity index (χ2v) is 8.55. The number of phenols is 1. The van der Waals surface area contributed by atoms with Gasteiger partial charge >= 0.3 is 0 Å². The van der Waals surface area contributed by atoms with E-state index < -0.39 is 0 Å². The van der Waals surface area contributed by atoms with Crippen LogP contribution in [-0.2, 0) is 11.3 Å². The number of likely N-dealkylation sites (tertiary alicyclic amines) is 1. The minimum atomic E-state index is -0.0515. The first kappa shape index (κ1) is 21.7. The van der Waals surface area contributed by atoms with E-state index in [0.717, 1.165) is 50.9 Å². The normalized spacial score (nSPS) is 20.6. The van der Waals surface area contributed by atoms with Crippen LogP contribution < -0.4 is 10.1 Å². The number of rotatable bonds is 7. The molecule has 4 rings (SSSR count). The number of amides is 1. The highest BCUT2D eigenvalue weighted by atomic mass is 16.5. The molecule has 2 heterocycles. The van der Waals surface area contributed by atoms with Crippen LogP contribution in [0.3, 0.4) is 0 Å². The van der Waals surface area contributed by atoms with Gasteiger partial charge in [-0.15, -0.1) is 0 Å². The van der Waals surface area contributed by atoms with E-state index in [-0.39, 0.29) is 23.4 Å². The lowest BCUT2D eigenvalue weighted by molar-refractivity contribution is -0.0764. The zero-order valence-corrected chi connectivity index (χ0v) is 18.2. The van der Waals surface area contributed by atoms with E-state index in [1.165, 1.54) is 0 Å². The molecule has 0 radical (unpaired) electrons. The molecule has 0 aliphatic carbocycles. The van der Waals surface area contributed by atoms with Crippen LogP contribution in [0.15, 0.2) is 48.5 Å². The number of aromatic hydroxyl groups is 1. The molecule has 0 bridgehead atoms. The predicted molar refractivity (Wildman–Crippen MR) is 119 cm³/mol. The Morgan fingerprint density at radius 3 is 2.71 bits per heavy atom. The Labute approximate surface area is 184 Å². The van der Waals surface area contributed by atoms with Crippen LogP contribution in [0.4, 0.5) is 0 Å². The standard InChI is InChI=1S/C25H32N2O4/c1-2-30-23-16-19(8-9-22(23)28)18-27-14-12-25(13-15-27)11-10-21(31-25)17-26-24(29)20-6-4-3-5-7-20/h3-9,16,21,28H,2,10-15,17-18H2,1H3,(H,26,29). The lowest BCUT2D eigenvalue weighted by Gasteiger charge is -2.39. The Morgan fingerprint density at radius 1 is 1.19 bits per heavy atom. The van der Waals surface area contributed by atoms with Gasteiger partial charge in [-0.1, -0.05) is 24.3 Å². The summed E-state index contributed by atoms with van der Waals surface area (Å²) in [5.74, 6) is 0.696. The highest BCUT2D eigenvalue weighted by Crippen LogP contribution is 2.39. The van der Waals surface area contributed by atoms with Gasteiger partial charge in [0.2, 0.25) is 0 Å².